The number of benzene rings is 2. The maximum Gasteiger partial charge on any atom is 0.336 e. The van der Waals surface area contributed by atoms with E-state index in [-0.39, 0.29) is 6.61 Å². The van der Waals surface area contributed by atoms with Crippen LogP contribution in [0.15, 0.2) is 67.0 Å². The fourth-order valence-corrected chi connectivity index (χ4v) is 4.45. The number of hydrogen-bond acceptors (Lipinski definition) is 6. The number of carbonyl (C=O) groups excluding carboxylic acids is 1. The lowest BCUT2D eigenvalue weighted by atomic mass is 10.0. The predicted octanol–water partition coefficient (Wildman–Crippen LogP) is 4.42. The summed E-state index contributed by atoms with van der Waals surface area (Å²) < 4.78 is 10.7. The number of aliphatic carboxylic acids is 2. The van der Waals surface area contributed by atoms with Gasteiger partial charge in [0.15, 0.2) is 12.2 Å². The Morgan fingerprint density at radius 1 is 0.750 bits per heavy atom. The molecule has 1 amide bonds. The predicted molar refractivity (Wildman–Crippen MR) is 151 cm³/mol. The van der Waals surface area contributed by atoms with E-state index in [0.29, 0.717) is 13.0 Å². The number of aryl methyl sites for hydroxylation is 2. The molecule has 0 saturated carbocycles. The molecular weight excluding hydrogens is 512 g/mol. The van der Waals surface area contributed by atoms with Crippen LogP contribution in [-0.2, 0) is 36.7 Å². The Morgan fingerprint density at radius 3 is 2.17 bits per heavy atom. The Bertz CT molecular complexity index is 1220. The van der Waals surface area contributed by atoms with Gasteiger partial charge in [-0.3, -0.25) is 9.78 Å². The minimum absolute atomic E-state index is 0.153. The molecule has 0 saturated heterocycles. The molecule has 9 nitrogen and oxygen atoms in total. The maximum atomic E-state index is 12.9. The molecule has 40 heavy (non-hydrogen) atoms. The Balaban J connectivity index is 1.42. The standard InChI is InChI=1S/C31H38N2O7/c34-27(35)22-40-29(31(37)38)28(39-20-8-2-4-9-23-15-18-32-19-16-23)30(36)33-17-7-1-3-10-24-13-14-25-11-5-6-12-26(25)21-24/h5-6,11-16,18-19,21,28-29H,1-4,7-10,17,20,22H2,(H,33,36)(H,34,35)(H,37,38). The van der Waals surface area contributed by atoms with E-state index in [2.05, 4.69) is 40.6 Å². The average molecular weight is 551 g/mol. The third-order valence-electron chi connectivity index (χ3n) is 6.58. The van der Waals surface area contributed by atoms with Crippen LogP contribution >= 0.6 is 0 Å². The zero-order chi connectivity index (χ0) is 28.6. The lowest BCUT2D eigenvalue weighted by Crippen LogP contribution is -2.49. The third-order valence-corrected chi connectivity index (χ3v) is 6.58. The highest BCUT2D eigenvalue weighted by Crippen LogP contribution is 2.17. The Morgan fingerprint density at radius 2 is 1.45 bits per heavy atom. The lowest BCUT2D eigenvalue weighted by Gasteiger charge is -2.23. The molecule has 3 N–H and O–H groups in total. The van der Waals surface area contributed by atoms with Gasteiger partial charge in [-0.25, -0.2) is 9.59 Å². The first kappa shape index (κ1) is 30.7. The van der Waals surface area contributed by atoms with Gasteiger partial charge in [-0.2, -0.15) is 0 Å². The summed E-state index contributed by atoms with van der Waals surface area (Å²) in [5.41, 5.74) is 2.44. The van der Waals surface area contributed by atoms with Crippen LogP contribution in [0.3, 0.4) is 0 Å². The molecule has 0 bridgehead atoms. The van der Waals surface area contributed by atoms with Crippen LogP contribution in [0, 0.1) is 0 Å². The molecule has 0 aliphatic rings. The summed E-state index contributed by atoms with van der Waals surface area (Å²) in [5, 5.41) is 23.7. The summed E-state index contributed by atoms with van der Waals surface area (Å²) in [6.07, 6.45) is 7.03. The Labute approximate surface area is 234 Å². The van der Waals surface area contributed by atoms with Gasteiger partial charge in [0.1, 0.15) is 6.61 Å². The Kier molecular flexibility index (Phi) is 13.0. The van der Waals surface area contributed by atoms with Crippen molar-refractivity contribution in [2.24, 2.45) is 0 Å². The van der Waals surface area contributed by atoms with Crippen molar-refractivity contribution in [2.45, 2.75) is 63.6 Å². The topological polar surface area (TPSA) is 135 Å². The number of carboxylic acids is 2. The van der Waals surface area contributed by atoms with Crippen LogP contribution in [0.25, 0.3) is 10.8 Å². The van der Waals surface area contributed by atoms with Crippen LogP contribution in [0.4, 0.5) is 0 Å². The molecule has 3 rings (SSSR count). The zero-order valence-electron chi connectivity index (χ0n) is 22.7. The molecule has 2 aromatic carbocycles. The number of nitrogens with one attached hydrogen (secondary N) is 1. The molecule has 3 aromatic rings. The minimum Gasteiger partial charge on any atom is -0.480 e. The van der Waals surface area contributed by atoms with E-state index in [1.165, 1.54) is 21.9 Å². The monoisotopic (exact) mass is 550 g/mol. The second kappa shape index (κ2) is 17.0. The number of carboxylic acid groups (broad SMARTS) is 2. The van der Waals surface area contributed by atoms with Crippen LogP contribution in [0.5, 0.6) is 0 Å². The molecule has 1 heterocycles. The van der Waals surface area contributed by atoms with Crippen molar-refractivity contribution in [3.63, 3.8) is 0 Å². The molecule has 1 aromatic heterocycles. The summed E-state index contributed by atoms with van der Waals surface area (Å²) in [6, 6.07) is 18.6. The van der Waals surface area contributed by atoms with E-state index in [9.17, 15) is 19.5 Å². The quantitative estimate of drug-likeness (QED) is 0.187. The van der Waals surface area contributed by atoms with Gasteiger partial charge in [-0.1, -0.05) is 55.3 Å². The lowest BCUT2D eigenvalue weighted by molar-refractivity contribution is -0.172. The number of amides is 1. The Hall–Kier alpha value is -3.82. The molecule has 2 atom stereocenters. The highest BCUT2D eigenvalue weighted by atomic mass is 16.6. The molecular formula is C31H38N2O7. The minimum atomic E-state index is -1.72. The van der Waals surface area contributed by atoms with E-state index >= 15 is 0 Å². The highest BCUT2D eigenvalue weighted by molar-refractivity contribution is 5.88. The van der Waals surface area contributed by atoms with Gasteiger partial charge in [-0.05, 0) is 72.6 Å². The normalized spacial score (nSPS) is 12.6. The van der Waals surface area contributed by atoms with Crippen molar-refractivity contribution < 1.29 is 34.1 Å². The molecule has 0 fully saturated rings. The van der Waals surface area contributed by atoms with Gasteiger partial charge in [0.05, 0.1) is 0 Å². The summed E-state index contributed by atoms with van der Waals surface area (Å²) in [7, 11) is 0. The first-order chi connectivity index (χ1) is 19.4. The molecule has 0 aliphatic carbocycles. The number of aromatic nitrogens is 1. The highest BCUT2D eigenvalue weighted by Gasteiger charge is 2.36. The van der Waals surface area contributed by atoms with Crippen molar-refractivity contribution in [3.05, 3.63) is 78.1 Å². The number of nitrogens with zero attached hydrogens (tertiary/aromatic N) is 1. The first-order valence-electron chi connectivity index (χ1n) is 13.8. The number of pyridine rings is 1. The van der Waals surface area contributed by atoms with Gasteiger partial charge in [-0.15, -0.1) is 0 Å². The smallest absolute Gasteiger partial charge is 0.336 e. The van der Waals surface area contributed by atoms with E-state index in [4.69, 9.17) is 14.6 Å². The molecule has 0 radical (unpaired) electrons. The van der Waals surface area contributed by atoms with Gasteiger partial charge in [0.2, 0.25) is 0 Å². The van der Waals surface area contributed by atoms with Gasteiger partial charge >= 0.3 is 11.9 Å². The van der Waals surface area contributed by atoms with Gasteiger partial charge in [0, 0.05) is 25.5 Å². The van der Waals surface area contributed by atoms with Crippen molar-refractivity contribution in [2.75, 3.05) is 19.8 Å². The third kappa shape index (κ3) is 10.7. The molecule has 9 heteroatoms. The summed E-state index contributed by atoms with van der Waals surface area (Å²) in [4.78, 5) is 39.6. The van der Waals surface area contributed by atoms with Crippen molar-refractivity contribution in [3.8, 4) is 0 Å². The van der Waals surface area contributed by atoms with E-state index in [1.54, 1.807) is 12.4 Å². The maximum absolute atomic E-state index is 12.9. The van der Waals surface area contributed by atoms with E-state index in [0.717, 1.165) is 44.9 Å². The molecule has 2 unspecified atom stereocenters. The van der Waals surface area contributed by atoms with Crippen LogP contribution in [0.2, 0.25) is 0 Å². The van der Waals surface area contributed by atoms with Crippen molar-refractivity contribution in [1.29, 1.82) is 0 Å². The van der Waals surface area contributed by atoms with Gasteiger partial charge < -0.3 is 25.0 Å². The van der Waals surface area contributed by atoms with Crippen LogP contribution in [-0.4, -0.2) is 65.0 Å². The second-order valence-electron chi connectivity index (χ2n) is 9.70. The zero-order valence-corrected chi connectivity index (χ0v) is 22.7. The second-order valence-corrected chi connectivity index (χ2v) is 9.70. The molecule has 0 aliphatic heterocycles. The number of ether oxygens (including phenoxy) is 2. The van der Waals surface area contributed by atoms with Gasteiger partial charge in [0.25, 0.3) is 5.91 Å². The first-order valence-corrected chi connectivity index (χ1v) is 13.8. The number of carbonyl (C=O) groups is 3. The number of hydrogen-bond donors (Lipinski definition) is 3. The number of unbranched alkanes of at least 4 members (excludes halogenated alkanes) is 4. The molecule has 0 spiro atoms. The largest absolute Gasteiger partial charge is 0.480 e. The summed E-state index contributed by atoms with van der Waals surface area (Å²) in [6.45, 7) is -0.334. The summed E-state index contributed by atoms with van der Waals surface area (Å²) >= 11 is 0. The number of rotatable bonds is 19. The van der Waals surface area contributed by atoms with Crippen molar-refractivity contribution >= 4 is 28.6 Å². The molecule has 214 valence electrons. The summed E-state index contributed by atoms with van der Waals surface area (Å²) in [5.74, 6) is -3.40. The van der Waals surface area contributed by atoms with Crippen molar-refractivity contribution in [1.82, 2.24) is 10.3 Å². The van der Waals surface area contributed by atoms with Crippen LogP contribution < -0.4 is 5.32 Å². The van der Waals surface area contributed by atoms with Crippen LogP contribution in [0.1, 0.15) is 49.7 Å². The average Bonchev–Trinajstić information content (AvgIpc) is 2.95. The SMILES string of the molecule is O=C(O)COC(C(=O)O)C(OCCCCCc1ccncc1)C(=O)NCCCCCc1ccc2ccccc2c1. The fraction of sp³-hybridized carbons (Fsp3) is 0.419. The van der Waals surface area contributed by atoms with E-state index in [1.807, 2.05) is 24.3 Å². The van der Waals surface area contributed by atoms with E-state index < -0.39 is 36.7 Å². The fourth-order valence-electron chi connectivity index (χ4n) is 4.45. The number of fused-ring (bicyclic) bond motifs is 1.